The molecule has 126 valence electrons. The van der Waals surface area contributed by atoms with Crippen LogP contribution in [0.3, 0.4) is 0 Å². The van der Waals surface area contributed by atoms with E-state index in [9.17, 15) is 10.1 Å². The van der Waals surface area contributed by atoms with E-state index >= 15 is 0 Å². The molecule has 1 heterocycles. The van der Waals surface area contributed by atoms with Gasteiger partial charge in [-0.15, -0.1) is 0 Å². The molecule has 0 aliphatic heterocycles. The predicted molar refractivity (Wildman–Crippen MR) is 100 cm³/mol. The zero-order chi connectivity index (χ0) is 17.8. The van der Waals surface area contributed by atoms with Gasteiger partial charge in [0.25, 0.3) is 0 Å². The summed E-state index contributed by atoms with van der Waals surface area (Å²) in [6, 6.07) is 14.1. The molecule has 0 unspecified atom stereocenters. The molecule has 3 aromatic rings. The number of aromatic nitrogens is 2. The van der Waals surface area contributed by atoms with Crippen LogP contribution in [-0.2, 0) is 0 Å². The number of ether oxygens (including phenoxy) is 1. The third-order valence-corrected chi connectivity index (χ3v) is 4.11. The van der Waals surface area contributed by atoms with Crippen molar-refractivity contribution < 1.29 is 9.66 Å². The van der Waals surface area contributed by atoms with Crippen molar-refractivity contribution in [1.29, 1.82) is 0 Å². The number of rotatable bonds is 5. The molecule has 0 fully saturated rings. The summed E-state index contributed by atoms with van der Waals surface area (Å²) in [5.74, 6) is 0.337. The number of nitro groups is 1. The highest BCUT2D eigenvalue weighted by atomic mass is 79.9. The molecule has 25 heavy (non-hydrogen) atoms. The van der Waals surface area contributed by atoms with Crippen molar-refractivity contribution in [2.75, 3.05) is 5.32 Å². The molecule has 7 nitrogen and oxygen atoms in total. The van der Waals surface area contributed by atoms with E-state index < -0.39 is 4.92 Å². The van der Waals surface area contributed by atoms with Gasteiger partial charge < -0.3 is 10.1 Å². The Balaban J connectivity index is 1.96. The van der Waals surface area contributed by atoms with Crippen molar-refractivity contribution in [2.45, 2.75) is 0 Å². The number of nitrogens with zero attached hydrogens (tertiary/aromatic N) is 3. The quantitative estimate of drug-likeness (QED) is 0.398. The summed E-state index contributed by atoms with van der Waals surface area (Å²) in [4.78, 5) is 18.8. The molecule has 1 N–H and O–H groups in total. The van der Waals surface area contributed by atoms with Gasteiger partial charge in [0.15, 0.2) is 0 Å². The summed E-state index contributed by atoms with van der Waals surface area (Å²) in [6.07, 6.45) is 1.21. The van der Waals surface area contributed by atoms with Crippen LogP contribution in [0, 0.1) is 10.1 Å². The number of hydrogen-bond acceptors (Lipinski definition) is 6. The minimum Gasteiger partial charge on any atom is -0.434 e. The van der Waals surface area contributed by atoms with Crippen LogP contribution in [0.4, 0.5) is 17.2 Å². The Bertz CT molecular complexity index is 920. The zero-order valence-electron chi connectivity index (χ0n) is 12.5. The topological polar surface area (TPSA) is 90.2 Å². The first-order valence-corrected chi connectivity index (χ1v) is 8.57. The second-order valence-corrected chi connectivity index (χ2v) is 6.66. The van der Waals surface area contributed by atoms with E-state index in [4.69, 9.17) is 4.74 Å². The van der Waals surface area contributed by atoms with Crippen LogP contribution in [0.2, 0.25) is 0 Å². The van der Waals surface area contributed by atoms with Crippen LogP contribution < -0.4 is 10.1 Å². The van der Waals surface area contributed by atoms with E-state index in [1.165, 1.54) is 6.33 Å². The van der Waals surface area contributed by atoms with E-state index in [1.54, 1.807) is 42.5 Å². The molecule has 2 aromatic carbocycles. The highest BCUT2D eigenvalue weighted by Crippen LogP contribution is 2.35. The number of benzene rings is 2. The summed E-state index contributed by atoms with van der Waals surface area (Å²) < 4.78 is 7.27. The lowest BCUT2D eigenvalue weighted by Gasteiger charge is -2.09. The maximum absolute atomic E-state index is 11.5. The van der Waals surface area contributed by atoms with E-state index in [0.717, 1.165) is 8.95 Å². The fourth-order valence-corrected chi connectivity index (χ4v) is 2.67. The lowest BCUT2D eigenvalue weighted by molar-refractivity contribution is -0.385. The average Bonchev–Trinajstić information content (AvgIpc) is 2.57. The second-order valence-electron chi connectivity index (χ2n) is 4.82. The summed E-state index contributed by atoms with van der Waals surface area (Å²) in [7, 11) is 0. The van der Waals surface area contributed by atoms with Gasteiger partial charge in [0.05, 0.1) is 4.92 Å². The van der Waals surface area contributed by atoms with E-state index in [0.29, 0.717) is 11.4 Å². The predicted octanol–water partition coefficient (Wildman–Crippen LogP) is 5.45. The van der Waals surface area contributed by atoms with Gasteiger partial charge in [-0.3, -0.25) is 10.1 Å². The fourth-order valence-electron chi connectivity index (χ4n) is 2.01. The molecule has 0 aliphatic carbocycles. The first kappa shape index (κ1) is 17.3. The Morgan fingerprint density at radius 3 is 2.48 bits per heavy atom. The molecular weight excluding hydrogens is 456 g/mol. The molecule has 0 saturated carbocycles. The Morgan fingerprint density at radius 1 is 1.04 bits per heavy atom. The van der Waals surface area contributed by atoms with Gasteiger partial charge in [-0.1, -0.05) is 37.9 Å². The first-order chi connectivity index (χ1) is 12.0. The number of halogens is 2. The fraction of sp³-hybridized carbons (Fsp3) is 0. The van der Waals surface area contributed by atoms with E-state index in [1.807, 2.05) is 6.07 Å². The highest BCUT2D eigenvalue weighted by Gasteiger charge is 2.25. The van der Waals surface area contributed by atoms with Gasteiger partial charge in [-0.05, 0) is 42.5 Å². The largest absolute Gasteiger partial charge is 0.434 e. The lowest BCUT2D eigenvalue weighted by Crippen LogP contribution is -2.03. The van der Waals surface area contributed by atoms with Gasteiger partial charge in [0, 0.05) is 14.6 Å². The van der Waals surface area contributed by atoms with Crippen LogP contribution in [0.25, 0.3) is 0 Å². The zero-order valence-corrected chi connectivity index (χ0v) is 15.7. The lowest BCUT2D eigenvalue weighted by atomic mass is 10.3. The molecule has 0 radical (unpaired) electrons. The van der Waals surface area contributed by atoms with Gasteiger partial charge in [-0.2, -0.15) is 4.98 Å². The van der Waals surface area contributed by atoms with E-state index in [2.05, 4.69) is 47.1 Å². The summed E-state index contributed by atoms with van der Waals surface area (Å²) >= 11 is 6.67. The minimum absolute atomic E-state index is 0.0465. The van der Waals surface area contributed by atoms with Gasteiger partial charge in [0.1, 0.15) is 12.1 Å². The standard InChI is InChI=1S/C16H10Br2N4O3/c17-10-4-6-13(7-5-10)25-16-14(22(23)24)15(19-9-20-16)21-12-3-1-2-11(18)8-12/h1-9H,(H,19,20,21). The van der Waals surface area contributed by atoms with Crippen LogP contribution in [0.5, 0.6) is 11.6 Å². The third-order valence-electron chi connectivity index (χ3n) is 3.09. The Morgan fingerprint density at radius 2 is 1.80 bits per heavy atom. The van der Waals surface area contributed by atoms with Crippen LogP contribution in [0.1, 0.15) is 0 Å². The molecule has 0 spiro atoms. The molecule has 0 saturated heterocycles. The molecule has 9 heteroatoms. The number of anilines is 2. The molecule has 1 aromatic heterocycles. The van der Waals surface area contributed by atoms with Crippen LogP contribution in [0.15, 0.2) is 63.8 Å². The summed E-state index contributed by atoms with van der Waals surface area (Å²) in [5.41, 5.74) is 0.302. The molecular formula is C16H10Br2N4O3. The van der Waals surface area contributed by atoms with Gasteiger partial charge >= 0.3 is 11.6 Å². The van der Waals surface area contributed by atoms with E-state index in [-0.39, 0.29) is 17.4 Å². The molecule has 0 amide bonds. The third kappa shape index (κ3) is 4.31. The highest BCUT2D eigenvalue weighted by molar-refractivity contribution is 9.10. The van der Waals surface area contributed by atoms with Crippen LogP contribution in [-0.4, -0.2) is 14.9 Å². The Hall–Kier alpha value is -2.52. The molecule has 3 rings (SSSR count). The maximum atomic E-state index is 11.5. The minimum atomic E-state index is -0.575. The molecule has 0 aliphatic rings. The van der Waals surface area contributed by atoms with Gasteiger partial charge in [0.2, 0.25) is 5.82 Å². The second kappa shape index (κ2) is 7.58. The maximum Gasteiger partial charge on any atom is 0.373 e. The van der Waals surface area contributed by atoms with Crippen molar-refractivity contribution in [3.05, 3.63) is 73.9 Å². The van der Waals surface area contributed by atoms with Crippen molar-refractivity contribution in [3.8, 4) is 11.6 Å². The molecule has 0 bridgehead atoms. The molecule has 0 atom stereocenters. The smallest absolute Gasteiger partial charge is 0.373 e. The van der Waals surface area contributed by atoms with Crippen molar-refractivity contribution in [3.63, 3.8) is 0 Å². The van der Waals surface area contributed by atoms with Crippen molar-refractivity contribution in [1.82, 2.24) is 9.97 Å². The summed E-state index contributed by atoms with van der Waals surface area (Å²) in [5, 5.41) is 14.5. The first-order valence-electron chi connectivity index (χ1n) is 6.98. The Labute approximate surface area is 159 Å². The number of nitrogens with one attached hydrogen (secondary N) is 1. The SMILES string of the molecule is O=[N+]([O-])c1c(Nc2cccc(Br)c2)ncnc1Oc1ccc(Br)cc1. The average molecular weight is 466 g/mol. The summed E-state index contributed by atoms with van der Waals surface area (Å²) in [6.45, 7) is 0. The van der Waals surface area contributed by atoms with Crippen molar-refractivity contribution >= 4 is 49.1 Å². The monoisotopic (exact) mass is 464 g/mol. The normalized spacial score (nSPS) is 10.3. The van der Waals surface area contributed by atoms with Gasteiger partial charge in [-0.25, -0.2) is 4.98 Å². The van der Waals surface area contributed by atoms with Crippen molar-refractivity contribution in [2.24, 2.45) is 0 Å². The number of hydrogen-bond donors (Lipinski definition) is 1. The Kier molecular flexibility index (Phi) is 5.25. The van der Waals surface area contributed by atoms with Crippen LogP contribution >= 0.6 is 31.9 Å².